The van der Waals surface area contributed by atoms with Gasteiger partial charge in [-0.15, -0.1) is 0 Å². The van der Waals surface area contributed by atoms with Crippen LogP contribution in [0.4, 0.5) is 0 Å². The monoisotopic (exact) mass is 255 g/mol. The summed E-state index contributed by atoms with van der Waals surface area (Å²) in [6, 6.07) is 0. The summed E-state index contributed by atoms with van der Waals surface area (Å²) in [6.45, 7) is -2.27. The van der Waals surface area contributed by atoms with Crippen molar-refractivity contribution in [1.82, 2.24) is 4.90 Å². The first kappa shape index (κ1) is 16.2. The zero-order valence-electron chi connectivity index (χ0n) is 9.15. The van der Waals surface area contributed by atoms with Gasteiger partial charge >= 0.3 is 5.97 Å². The van der Waals surface area contributed by atoms with Crippen LogP contribution in [-0.4, -0.2) is 81.8 Å². The lowest BCUT2D eigenvalue weighted by Gasteiger charge is -2.37. The summed E-state index contributed by atoms with van der Waals surface area (Å²) >= 11 is 0. The minimum Gasteiger partial charge on any atom is -0.480 e. The fraction of sp³-hybridized carbons (Fsp3) is 0.875. The van der Waals surface area contributed by atoms with Gasteiger partial charge < -0.3 is 15.3 Å². The van der Waals surface area contributed by atoms with Crippen LogP contribution < -0.4 is 0 Å². The number of aliphatic hydroxyl groups is 2. The molecule has 17 heavy (non-hydrogen) atoms. The predicted octanol–water partition coefficient (Wildman–Crippen LogP) is -1.92. The van der Waals surface area contributed by atoms with Gasteiger partial charge in [0.05, 0.1) is 26.4 Å². The van der Waals surface area contributed by atoms with Crippen molar-refractivity contribution in [3.63, 3.8) is 0 Å². The first-order valence-electron chi connectivity index (χ1n) is 4.82. The second-order valence-electron chi connectivity index (χ2n) is 3.31. The molecule has 0 aliphatic rings. The zero-order valence-corrected chi connectivity index (χ0v) is 9.15. The Morgan fingerprint density at radius 2 is 1.47 bits per heavy atom. The molecule has 0 saturated heterocycles. The molecule has 0 amide bonds. The number of aliphatic carboxylic acids is 1. The normalized spacial score (nSPS) is 12.1. The molecule has 0 atom stereocenters. The topological polar surface area (TPSA) is 140 Å². The van der Waals surface area contributed by atoms with Gasteiger partial charge in [0.2, 0.25) is 0 Å². The summed E-state index contributed by atoms with van der Waals surface area (Å²) in [5, 5.41) is 43.7. The Labute approximate surface area is 97.3 Å². The molecule has 0 spiro atoms. The zero-order chi connectivity index (χ0) is 13.3. The van der Waals surface area contributed by atoms with Crippen LogP contribution in [0.1, 0.15) is 0 Å². The van der Waals surface area contributed by atoms with Crippen molar-refractivity contribution in [2.75, 3.05) is 39.5 Å². The number of hydrogen-bond donors (Lipinski definition) is 5. The first-order chi connectivity index (χ1) is 8.08. The van der Waals surface area contributed by atoms with E-state index in [1.54, 1.807) is 0 Å². The number of carboxylic acid groups (broad SMARTS) is 1. The molecule has 0 heterocycles. The van der Waals surface area contributed by atoms with Gasteiger partial charge in [0, 0.05) is 13.1 Å². The molecule has 102 valence electrons. The van der Waals surface area contributed by atoms with Crippen molar-refractivity contribution in [2.24, 2.45) is 0 Å². The lowest BCUT2D eigenvalue weighted by atomic mass is 9.99. The molecule has 0 aromatic rings. The molecule has 0 rings (SSSR count). The van der Waals surface area contributed by atoms with Crippen molar-refractivity contribution in [3.8, 4) is 0 Å². The number of carboxylic acids is 1. The average Bonchev–Trinajstić information content (AvgIpc) is 2.33. The van der Waals surface area contributed by atoms with Crippen LogP contribution in [0.2, 0.25) is 0 Å². The molecular weight excluding hydrogens is 238 g/mol. The Morgan fingerprint density at radius 1 is 1.06 bits per heavy atom. The van der Waals surface area contributed by atoms with E-state index >= 15 is 0 Å². The summed E-state index contributed by atoms with van der Waals surface area (Å²) in [4.78, 5) is 19.8. The van der Waals surface area contributed by atoms with Crippen LogP contribution in [0.3, 0.4) is 0 Å². The maximum Gasteiger partial charge on any atom is 0.328 e. The number of carbonyl (C=O) groups is 1. The van der Waals surface area contributed by atoms with Crippen LogP contribution in [0.5, 0.6) is 0 Å². The lowest BCUT2D eigenvalue weighted by Crippen LogP contribution is -2.61. The Balaban J connectivity index is 4.84. The SMILES string of the molecule is O=C(O)C(CO)(CO)N(CCOO)CCOO. The molecule has 0 saturated carbocycles. The second-order valence-corrected chi connectivity index (χ2v) is 3.31. The standard InChI is InChI=1S/C8H17NO8/c10-5-8(6-11,7(12)13)9(1-3-16-14)2-4-17-15/h10-11,14-15H,1-6H2,(H,12,13). The lowest BCUT2D eigenvalue weighted by molar-refractivity contribution is -0.256. The molecule has 0 aliphatic carbocycles. The molecule has 0 unspecified atom stereocenters. The number of hydrogen-bond acceptors (Lipinski definition) is 8. The summed E-state index contributed by atoms with van der Waals surface area (Å²) in [5.74, 6) is -1.43. The van der Waals surface area contributed by atoms with E-state index in [0.717, 1.165) is 4.90 Å². The predicted molar refractivity (Wildman–Crippen MR) is 53.3 cm³/mol. The second kappa shape index (κ2) is 8.31. The Hall–Kier alpha value is -0.810. The first-order valence-corrected chi connectivity index (χ1v) is 4.82. The average molecular weight is 255 g/mol. The third-order valence-electron chi connectivity index (χ3n) is 2.43. The van der Waals surface area contributed by atoms with E-state index in [1.165, 1.54) is 0 Å². The van der Waals surface area contributed by atoms with E-state index in [4.69, 9.17) is 25.8 Å². The molecule has 0 fully saturated rings. The van der Waals surface area contributed by atoms with Gasteiger partial charge in [-0.05, 0) is 0 Å². The van der Waals surface area contributed by atoms with E-state index in [1.807, 2.05) is 0 Å². The van der Waals surface area contributed by atoms with Crippen molar-refractivity contribution in [1.29, 1.82) is 0 Å². The van der Waals surface area contributed by atoms with E-state index in [2.05, 4.69) is 9.78 Å². The van der Waals surface area contributed by atoms with E-state index in [9.17, 15) is 4.79 Å². The van der Waals surface area contributed by atoms with Gasteiger partial charge in [-0.2, -0.15) is 0 Å². The van der Waals surface area contributed by atoms with Crippen molar-refractivity contribution < 1.29 is 40.4 Å². The highest BCUT2D eigenvalue weighted by Crippen LogP contribution is 2.15. The van der Waals surface area contributed by atoms with Crippen molar-refractivity contribution in [3.05, 3.63) is 0 Å². The van der Waals surface area contributed by atoms with Crippen LogP contribution in [-0.2, 0) is 14.6 Å². The fourth-order valence-electron chi connectivity index (χ4n) is 1.36. The van der Waals surface area contributed by atoms with Crippen molar-refractivity contribution in [2.45, 2.75) is 5.54 Å². The molecule has 9 nitrogen and oxygen atoms in total. The molecular formula is C8H17NO8. The van der Waals surface area contributed by atoms with Crippen LogP contribution in [0.15, 0.2) is 0 Å². The summed E-state index contributed by atoms with van der Waals surface area (Å²) < 4.78 is 0. The largest absolute Gasteiger partial charge is 0.480 e. The molecule has 0 bridgehead atoms. The van der Waals surface area contributed by atoms with Gasteiger partial charge in [-0.25, -0.2) is 9.78 Å². The van der Waals surface area contributed by atoms with E-state index < -0.39 is 24.7 Å². The van der Waals surface area contributed by atoms with Crippen LogP contribution in [0, 0.1) is 0 Å². The maximum atomic E-state index is 11.1. The van der Waals surface area contributed by atoms with Gasteiger partial charge in [-0.3, -0.25) is 20.2 Å². The Bertz CT molecular complexity index is 212. The number of aliphatic hydroxyl groups excluding tert-OH is 2. The quantitative estimate of drug-likeness (QED) is 0.223. The van der Waals surface area contributed by atoms with Gasteiger partial charge in [0.25, 0.3) is 0 Å². The summed E-state index contributed by atoms with van der Waals surface area (Å²) in [5.41, 5.74) is -1.92. The molecule has 0 radical (unpaired) electrons. The molecule has 0 aromatic carbocycles. The Kier molecular flexibility index (Phi) is 7.91. The highest BCUT2D eigenvalue weighted by Gasteiger charge is 2.43. The van der Waals surface area contributed by atoms with Crippen LogP contribution in [0.25, 0.3) is 0 Å². The van der Waals surface area contributed by atoms with Gasteiger partial charge in [0.1, 0.15) is 0 Å². The third-order valence-corrected chi connectivity index (χ3v) is 2.43. The highest BCUT2D eigenvalue weighted by atomic mass is 17.1. The summed E-state index contributed by atoms with van der Waals surface area (Å²) in [7, 11) is 0. The van der Waals surface area contributed by atoms with Gasteiger partial charge in [-0.1, -0.05) is 0 Å². The number of rotatable bonds is 10. The maximum absolute atomic E-state index is 11.1. The minimum atomic E-state index is -1.92. The van der Waals surface area contributed by atoms with E-state index in [-0.39, 0.29) is 26.3 Å². The van der Waals surface area contributed by atoms with Gasteiger partial charge in [0.15, 0.2) is 5.54 Å². The number of nitrogens with zero attached hydrogens (tertiary/aromatic N) is 1. The molecule has 0 aliphatic heterocycles. The fourth-order valence-corrected chi connectivity index (χ4v) is 1.36. The molecule has 0 aromatic heterocycles. The minimum absolute atomic E-state index is 0.0761. The van der Waals surface area contributed by atoms with E-state index in [0.29, 0.717) is 0 Å². The smallest absolute Gasteiger partial charge is 0.328 e. The Morgan fingerprint density at radius 3 is 1.71 bits per heavy atom. The summed E-state index contributed by atoms with van der Waals surface area (Å²) in [6.07, 6.45) is 0. The van der Waals surface area contributed by atoms with Crippen molar-refractivity contribution >= 4 is 5.97 Å². The third kappa shape index (κ3) is 4.16. The highest BCUT2D eigenvalue weighted by molar-refractivity contribution is 5.79. The van der Waals surface area contributed by atoms with Crippen LogP contribution >= 0.6 is 0 Å². The molecule has 9 heteroatoms. The molecule has 5 N–H and O–H groups in total.